The first kappa shape index (κ1) is 20.8. The first-order valence-electron chi connectivity index (χ1n) is 11.2. The van der Waals surface area contributed by atoms with Crippen molar-refractivity contribution in [3.8, 4) is 0 Å². The van der Waals surface area contributed by atoms with E-state index in [1.807, 2.05) is 22.9 Å². The normalized spacial score (nSPS) is 22.6. The van der Waals surface area contributed by atoms with Crippen LogP contribution in [-0.4, -0.2) is 51.2 Å². The molecule has 1 aromatic carbocycles. The molecule has 0 radical (unpaired) electrons. The molecule has 0 amide bonds. The summed E-state index contributed by atoms with van der Waals surface area (Å²) in [5.41, 5.74) is 8.14. The molecular formula is C24H25FN6OS. The minimum absolute atomic E-state index is 0.0669. The van der Waals surface area contributed by atoms with Gasteiger partial charge in [-0.3, -0.25) is 9.38 Å². The molecule has 6 rings (SSSR count). The number of imidazole rings is 1. The van der Waals surface area contributed by atoms with Crippen molar-refractivity contribution in [2.24, 2.45) is 11.1 Å². The zero-order chi connectivity index (χ0) is 22.6. The number of nitrogens with two attached hydrogens (primary N) is 1. The van der Waals surface area contributed by atoms with Crippen LogP contribution in [0.5, 0.6) is 0 Å². The largest absolute Gasteiger partial charge is 0.376 e. The maximum absolute atomic E-state index is 13.9. The van der Waals surface area contributed by atoms with E-state index in [1.54, 1.807) is 18.5 Å². The fourth-order valence-corrected chi connectivity index (χ4v) is 6.10. The topological polar surface area (TPSA) is 81.6 Å². The van der Waals surface area contributed by atoms with Gasteiger partial charge in [0.05, 0.1) is 23.1 Å². The third-order valence-electron chi connectivity index (χ3n) is 7.15. The number of anilines is 1. The molecule has 2 saturated heterocycles. The summed E-state index contributed by atoms with van der Waals surface area (Å²) < 4.78 is 21.8. The van der Waals surface area contributed by atoms with E-state index in [1.165, 1.54) is 23.9 Å². The lowest BCUT2D eigenvalue weighted by atomic mass is 9.73. The van der Waals surface area contributed by atoms with Gasteiger partial charge >= 0.3 is 0 Å². The van der Waals surface area contributed by atoms with E-state index < -0.39 is 0 Å². The first-order chi connectivity index (χ1) is 16.0. The highest BCUT2D eigenvalue weighted by Gasteiger charge is 2.47. The van der Waals surface area contributed by atoms with Crippen molar-refractivity contribution in [2.45, 2.75) is 41.7 Å². The molecule has 33 heavy (non-hydrogen) atoms. The van der Waals surface area contributed by atoms with Crippen LogP contribution in [0.1, 0.15) is 19.8 Å². The number of rotatable bonds is 3. The quantitative estimate of drug-likeness (QED) is 0.492. The summed E-state index contributed by atoms with van der Waals surface area (Å²) in [6.45, 7) is 4.57. The fraction of sp³-hybridized carbons (Fsp3) is 0.375. The molecule has 0 aliphatic carbocycles. The molecule has 2 N–H and O–H groups in total. The van der Waals surface area contributed by atoms with Crippen molar-refractivity contribution < 1.29 is 9.13 Å². The monoisotopic (exact) mass is 464 g/mol. The molecule has 4 aromatic rings. The second kappa shape index (κ2) is 7.93. The zero-order valence-electron chi connectivity index (χ0n) is 18.3. The van der Waals surface area contributed by atoms with Crippen molar-refractivity contribution >= 4 is 34.3 Å². The van der Waals surface area contributed by atoms with Gasteiger partial charge in [0.2, 0.25) is 5.95 Å². The van der Waals surface area contributed by atoms with Crippen molar-refractivity contribution in [1.82, 2.24) is 19.4 Å². The van der Waals surface area contributed by atoms with Crippen molar-refractivity contribution in [1.29, 1.82) is 0 Å². The second-order valence-corrected chi connectivity index (χ2v) is 10.1. The number of aromatic nitrogens is 4. The molecule has 0 saturated carbocycles. The maximum Gasteiger partial charge on any atom is 0.211 e. The lowest BCUT2D eigenvalue weighted by Gasteiger charge is -2.41. The molecule has 2 fully saturated rings. The van der Waals surface area contributed by atoms with Crippen LogP contribution >= 0.6 is 11.8 Å². The van der Waals surface area contributed by atoms with Gasteiger partial charge in [-0.1, -0.05) is 11.8 Å². The number of nitrogens with zero attached hydrogens (tertiary/aromatic N) is 5. The van der Waals surface area contributed by atoms with Crippen molar-refractivity contribution in [3.05, 3.63) is 54.9 Å². The van der Waals surface area contributed by atoms with E-state index in [9.17, 15) is 4.39 Å². The van der Waals surface area contributed by atoms with Gasteiger partial charge in [0.15, 0.2) is 5.65 Å². The van der Waals surface area contributed by atoms with E-state index >= 15 is 0 Å². The van der Waals surface area contributed by atoms with Gasteiger partial charge in [0, 0.05) is 59.6 Å². The summed E-state index contributed by atoms with van der Waals surface area (Å²) >= 11 is 1.53. The van der Waals surface area contributed by atoms with Gasteiger partial charge < -0.3 is 15.4 Å². The van der Waals surface area contributed by atoms with E-state index in [4.69, 9.17) is 15.5 Å². The number of hydrogen-bond acceptors (Lipinski definition) is 7. The molecule has 1 spiro atoms. The number of ether oxygens (including phenoxy) is 1. The Hall–Kier alpha value is -2.75. The van der Waals surface area contributed by atoms with E-state index in [0.717, 1.165) is 64.8 Å². The van der Waals surface area contributed by atoms with Crippen LogP contribution in [0.15, 0.2) is 58.8 Å². The minimum Gasteiger partial charge on any atom is -0.376 e. The Morgan fingerprint density at radius 1 is 1.12 bits per heavy atom. The molecule has 0 bridgehead atoms. The molecule has 2 aliphatic rings. The fourth-order valence-electron chi connectivity index (χ4n) is 5.12. The molecule has 5 heterocycles. The molecule has 3 aromatic heterocycles. The number of benzene rings is 1. The van der Waals surface area contributed by atoms with Crippen LogP contribution in [-0.2, 0) is 4.74 Å². The van der Waals surface area contributed by atoms with Crippen LogP contribution in [0, 0.1) is 11.2 Å². The lowest BCUT2D eigenvalue weighted by Crippen LogP contribution is -2.51. The predicted octanol–water partition coefficient (Wildman–Crippen LogP) is 3.90. The summed E-state index contributed by atoms with van der Waals surface area (Å²) in [7, 11) is 0. The second-order valence-electron chi connectivity index (χ2n) is 9.01. The molecule has 0 unspecified atom stereocenters. The molecule has 7 nitrogen and oxygen atoms in total. The number of hydrogen-bond donors (Lipinski definition) is 1. The number of halogens is 1. The highest BCUT2D eigenvalue weighted by Crippen LogP contribution is 2.42. The highest BCUT2D eigenvalue weighted by atomic mass is 32.2. The van der Waals surface area contributed by atoms with Gasteiger partial charge in [-0.2, -0.15) is 0 Å². The Balaban J connectivity index is 1.30. The van der Waals surface area contributed by atoms with Crippen LogP contribution in [0.4, 0.5) is 10.3 Å². The van der Waals surface area contributed by atoms with E-state index in [-0.39, 0.29) is 23.4 Å². The standard InChI is InChI=1S/C24H25FN6OS/c1-15-21(26)24(14-32-15)5-9-30(10-6-24)23-29-13-20(22-28-8-11-31(22)23)33-19-4-7-27-18-3-2-16(25)12-17(18)19/h2-4,7-8,11-13,15,21H,5-6,9-10,14,26H2,1H3/t15-,21+/m0/s1. The van der Waals surface area contributed by atoms with Gasteiger partial charge in [-0.05, 0) is 44.0 Å². The van der Waals surface area contributed by atoms with E-state index in [0.29, 0.717) is 0 Å². The summed E-state index contributed by atoms with van der Waals surface area (Å²) in [5, 5.41) is 0.780. The Bertz CT molecular complexity index is 1340. The molecule has 2 aliphatic heterocycles. The van der Waals surface area contributed by atoms with Gasteiger partial charge in [-0.25, -0.2) is 14.4 Å². The average molecular weight is 465 g/mol. The third-order valence-corrected chi connectivity index (χ3v) is 8.23. The molecule has 170 valence electrons. The Labute approximate surface area is 195 Å². The molecular weight excluding hydrogens is 439 g/mol. The lowest BCUT2D eigenvalue weighted by molar-refractivity contribution is 0.0973. The van der Waals surface area contributed by atoms with Crippen molar-refractivity contribution in [3.63, 3.8) is 0 Å². The van der Waals surface area contributed by atoms with E-state index in [2.05, 4.69) is 21.8 Å². The molecule has 2 atom stereocenters. The SMILES string of the molecule is C[C@@H]1OCC2(CCN(c3ncc(Sc4ccnc5ccc(F)cc45)c4nccn34)CC2)[C@@H]1N. The van der Waals surface area contributed by atoms with Crippen LogP contribution in [0.3, 0.4) is 0 Å². The maximum atomic E-state index is 13.9. The number of pyridine rings is 1. The smallest absolute Gasteiger partial charge is 0.211 e. The number of fused-ring (bicyclic) bond motifs is 2. The Kier molecular flexibility index (Phi) is 5.01. The summed E-state index contributed by atoms with van der Waals surface area (Å²) in [6.07, 6.45) is 9.44. The summed E-state index contributed by atoms with van der Waals surface area (Å²) in [5.74, 6) is 0.606. The van der Waals surface area contributed by atoms with Gasteiger partial charge in [0.25, 0.3) is 0 Å². The van der Waals surface area contributed by atoms with Crippen LogP contribution in [0.2, 0.25) is 0 Å². The third kappa shape index (κ3) is 3.46. The Morgan fingerprint density at radius 3 is 2.76 bits per heavy atom. The minimum atomic E-state index is -0.276. The number of piperidine rings is 1. The van der Waals surface area contributed by atoms with Gasteiger partial charge in [0.1, 0.15) is 5.82 Å². The summed E-state index contributed by atoms with van der Waals surface area (Å²) in [4.78, 5) is 17.9. The molecule has 9 heteroatoms. The van der Waals surface area contributed by atoms with Crippen molar-refractivity contribution in [2.75, 3.05) is 24.6 Å². The predicted molar refractivity (Wildman–Crippen MR) is 126 cm³/mol. The Morgan fingerprint density at radius 2 is 1.97 bits per heavy atom. The first-order valence-corrected chi connectivity index (χ1v) is 12.0. The average Bonchev–Trinajstić information content (AvgIpc) is 3.43. The highest BCUT2D eigenvalue weighted by molar-refractivity contribution is 7.99. The summed E-state index contributed by atoms with van der Waals surface area (Å²) in [6, 6.07) is 6.64. The zero-order valence-corrected chi connectivity index (χ0v) is 19.1. The van der Waals surface area contributed by atoms with Gasteiger partial charge in [-0.15, -0.1) is 0 Å². The van der Waals surface area contributed by atoms with Crippen LogP contribution < -0.4 is 10.6 Å². The van der Waals surface area contributed by atoms with Crippen LogP contribution in [0.25, 0.3) is 16.6 Å².